The molecule has 2 heterocycles. The van der Waals surface area contributed by atoms with Crippen LogP contribution in [0.2, 0.25) is 0 Å². The molecule has 4 rings (SSSR count). The number of likely N-dealkylation sites (tertiary alicyclic amines) is 1. The van der Waals surface area contributed by atoms with Gasteiger partial charge in [-0.15, -0.1) is 0 Å². The molecule has 5 nitrogen and oxygen atoms in total. The van der Waals surface area contributed by atoms with Gasteiger partial charge in [-0.1, -0.05) is 36.3 Å². The van der Waals surface area contributed by atoms with E-state index in [-0.39, 0.29) is 18.7 Å². The van der Waals surface area contributed by atoms with E-state index in [0.717, 1.165) is 6.07 Å². The predicted octanol–water partition coefficient (Wildman–Crippen LogP) is 2.84. The molecule has 1 aliphatic heterocycles. The third kappa shape index (κ3) is 4.10. The predicted molar refractivity (Wildman–Crippen MR) is 108 cm³/mol. The van der Waals surface area contributed by atoms with E-state index in [1.807, 2.05) is 0 Å². The van der Waals surface area contributed by atoms with Crippen LogP contribution in [0.4, 0.5) is 13.2 Å². The zero-order valence-corrected chi connectivity index (χ0v) is 16.1. The zero-order valence-electron chi connectivity index (χ0n) is 16.1. The standard InChI is InChI=1S/C23H17F3N2O3/c24-23(25,26)18-6-2-1-4-16(18)17-9-7-14(15-5-3-11-27-22(15)17)8-10-21(31)28-12-19(29)20(30)13-28/h1-7,9,11,19-20,29-30H,12-13H2/t19-,20+. The monoisotopic (exact) mass is 426 g/mol. The molecule has 1 saturated heterocycles. The summed E-state index contributed by atoms with van der Waals surface area (Å²) in [5.74, 6) is 4.67. The fraction of sp³-hybridized carbons (Fsp3) is 0.217. The Morgan fingerprint density at radius 3 is 2.42 bits per heavy atom. The summed E-state index contributed by atoms with van der Waals surface area (Å²) in [6, 6.07) is 11.7. The first-order valence-electron chi connectivity index (χ1n) is 9.47. The van der Waals surface area contributed by atoms with Gasteiger partial charge in [0, 0.05) is 28.6 Å². The average molecular weight is 426 g/mol. The minimum absolute atomic E-state index is 0.00864. The summed E-state index contributed by atoms with van der Waals surface area (Å²) < 4.78 is 40.5. The van der Waals surface area contributed by atoms with Crippen molar-refractivity contribution in [2.45, 2.75) is 18.4 Å². The molecule has 1 aromatic heterocycles. The number of nitrogens with zero attached hydrogens (tertiary/aromatic N) is 2. The van der Waals surface area contributed by atoms with Crippen molar-refractivity contribution in [1.29, 1.82) is 0 Å². The van der Waals surface area contributed by atoms with E-state index in [1.165, 1.54) is 35.4 Å². The highest BCUT2D eigenvalue weighted by atomic mass is 19.4. The van der Waals surface area contributed by atoms with E-state index in [0.29, 0.717) is 22.0 Å². The second-order valence-electron chi connectivity index (χ2n) is 7.20. The van der Waals surface area contributed by atoms with E-state index in [9.17, 15) is 28.2 Å². The number of aliphatic hydroxyl groups is 2. The molecular formula is C23H17F3N2O3. The number of fused-ring (bicyclic) bond motifs is 1. The number of carbonyl (C=O) groups is 1. The third-order valence-electron chi connectivity index (χ3n) is 5.14. The van der Waals surface area contributed by atoms with Crippen LogP contribution in [0.25, 0.3) is 22.0 Å². The molecule has 8 heteroatoms. The van der Waals surface area contributed by atoms with Gasteiger partial charge in [0.2, 0.25) is 0 Å². The number of β-amino-alcohol motifs (C(OH)–C–C–N with tert-alkyl or cyclic N) is 2. The number of benzene rings is 2. The van der Waals surface area contributed by atoms with Crippen LogP contribution in [-0.2, 0) is 11.0 Å². The number of hydrogen-bond acceptors (Lipinski definition) is 4. The summed E-state index contributed by atoms with van der Waals surface area (Å²) in [5, 5.41) is 19.7. The van der Waals surface area contributed by atoms with Crippen molar-refractivity contribution in [1.82, 2.24) is 9.88 Å². The number of pyridine rings is 1. The number of aliphatic hydroxyl groups excluding tert-OH is 2. The van der Waals surface area contributed by atoms with Crippen LogP contribution < -0.4 is 0 Å². The molecule has 158 valence electrons. The second-order valence-corrected chi connectivity index (χ2v) is 7.20. The summed E-state index contributed by atoms with van der Waals surface area (Å²) in [7, 11) is 0. The number of carbonyl (C=O) groups excluding carboxylic acids is 1. The van der Waals surface area contributed by atoms with Gasteiger partial charge in [0.05, 0.1) is 36.4 Å². The van der Waals surface area contributed by atoms with Gasteiger partial charge in [0.15, 0.2) is 0 Å². The van der Waals surface area contributed by atoms with Crippen LogP contribution in [0.3, 0.4) is 0 Å². The molecule has 0 saturated carbocycles. The van der Waals surface area contributed by atoms with Crippen molar-refractivity contribution in [3.8, 4) is 23.0 Å². The summed E-state index contributed by atoms with van der Waals surface area (Å²) in [4.78, 5) is 17.8. The fourth-order valence-electron chi connectivity index (χ4n) is 3.60. The van der Waals surface area contributed by atoms with Gasteiger partial charge in [-0.3, -0.25) is 9.78 Å². The third-order valence-corrected chi connectivity index (χ3v) is 5.14. The van der Waals surface area contributed by atoms with Gasteiger partial charge < -0.3 is 15.1 Å². The Kier molecular flexibility index (Phi) is 5.39. The quantitative estimate of drug-likeness (QED) is 0.587. The maximum Gasteiger partial charge on any atom is 0.417 e. The highest BCUT2D eigenvalue weighted by molar-refractivity contribution is 6.00. The number of amides is 1. The van der Waals surface area contributed by atoms with Gasteiger partial charge in [0.1, 0.15) is 0 Å². The number of halogens is 3. The smallest absolute Gasteiger partial charge is 0.388 e. The minimum Gasteiger partial charge on any atom is -0.388 e. The lowest BCUT2D eigenvalue weighted by Gasteiger charge is -2.14. The lowest BCUT2D eigenvalue weighted by Crippen LogP contribution is -2.28. The first-order chi connectivity index (χ1) is 14.8. The average Bonchev–Trinajstić information content (AvgIpc) is 3.09. The Balaban J connectivity index is 1.76. The molecule has 2 N–H and O–H groups in total. The summed E-state index contributed by atoms with van der Waals surface area (Å²) in [5.41, 5.74) is 0.332. The van der Waals surface area contributed by atoms with Gasteiger partial charge in [-0.05, 0) is 23.8 Å². The number of aromatic nitrogens is 1. The molecule has 2 atom stereocenters. The zero-order chi connectivity index (χ0) is 22.2. The summed E-state index contributed by atoms with van der Waals surface area (Å²) >= 11 is 0. The minimum atomic E-state index is -4.52. The molecule has 3 aromatic rings. The van der Waals surface area contributed by atoms with E-state index in [2.05, 4.69) is 16.8 Å². The Bertz CT molecular complexity index is 1200. The van der Waals surface area contributed by atoms with Crippen LogP contribution in [-0.4, -0.2) is 51.3 Å². The van der Waals surface area contributed by atoms with Crippen LogP contribution in [0.15, 0.2) is 54.7 Å². The first kappa shape index (κ1) is 20.8. The van der Waals surface area contributed by atoms with Crippen LogP contribution >= 0.6 is 0 Å². The maximum absolute atomic E-state index is 13.5. The summed E-state index contributed by atoms with van der Waals surface area (Å²) in [6.07, 6.45) is -5.06. The van der Waals surface area contributed by atoms with E-state index < -0.39 is 29.9 Å². The second kappa shape index (κ2) is 8.02. The van der Waals surface area contributed by atoms with Gasteiger partial charge in [0.25, 0.3) is 5.91 Å². The van der Waals surface area contributed by atoms with E-state index >= 15 is 0 Å². The van der Waals surface area contributed by atoms with Crippen LogP contribution in [0.1, 0.15) is 11.1 Å². The van der Waals surface area contributed by atoms with E-state index in [4.69, 9.17) is 0 Å². The summed E-state index contributed by atoms with van der Waals surface area (Å²) in [6.45, 7) is -0.0195. The molecule has 1 amide bonds. The number of alkyl halides is 3. The SMILES string of the molecule is O=C(C#Cc1ccc(-c2ccccc2C(F)(F)F)c2ncccc12)N1C[C@@H](O)[C@@H](O)C1. The van der Waals surface area contributed by atoms with E-state index in [1.54, 1.807) is 18.2 Å². The van der Waals surface area contributed by atoms with Crippen molar-refractivity contribution >= 4 is 16.8 Å². The molecule has 1 fully saturated rings. The number of hydrogen-bond donors (Lipinski definition) is 2. The topological polar surface area (TPSA) is 73.7 Å². The molecule has 0 radical (unpaired) electrons. The van der Waals surface area contributed by atoms with Crippen molar-refractivity contribution in [3.05, 3.63) is 65.9 Å². The first-order valence-corrected chi connectivity index (χ1v) is 9.47. The van der Waals surface area contributed by atoms with Crippen LogP contribution in [0.5, 0.6) is 0 Å². The molecule has 0 aliphatic carbocycles. The number of rotatable bonds is 1. The largest absolute Gasteiger partial charge is 0.417 e. The normalized spacial score (nSPS) is 18.7. The lowest BCUT2D eigenvalue weighted by atomic mass is 9.95. The molecule has 1 aliphatic rings. The van der Waals surface area contributed by atoms with Crippen LogP contribution in [0, 0.1) is 11.8 Å². The van der Waals surface area contributed by atoms with Crippen molar-refractivity contribution in [3.63, 3.8) is 0 Å². The molecule has 31 heavy (non-hydrogen) atoms. The highest BCUT2D eigenvalue weighted by Crippen LogP contribution is 2.39. The molecule has 0 bridgehead atoms. The van der Waals surface area contributed by atoms with Crippen molar-refractivity contribution < 1.29 is 28.2 Å². The maximum atomic E-state index is 13.5. The van der Waals surface area contributed by atoms with Gasteiger partial charge in [-0.25, -0.2) is 0 Å². The van der Waals surface area contributed by atoms with Crippen molar-refractivity contribution in [2.75, 3.05) is 13.1 Å². The molecular weight excluding hydrogens is 409 g/mol. The lowest BCUT2D eigenvalue weighted by molar-refractivity contribution is -0.137. The fourth-order valence-corrected chi connectivity index (χ4v) is 3.60. The van der Waals surface area contributed by atoms with Gasteiger partial charge >= 0.3 is 6.18 Å². The highest BCUT2D eigenvalue weighted by Gasteiger charge is 2.34. The molecule has 2 aromatic carbocycles. The van der Waals surface area contributed by atoms with Gasteiger partial charge in [-0.2, -0.15) is 13.2 Å². The Hall–Kier alpha value is -3.41. The molecule has 0 spiro atoms. The Morgan fingerprint density at radius 2 is 1.71 bits per heavy atom. The Morgan fingerprint density at radius 1 is 1.00 bits per heavy atom. The Labute approximate surface area is 175 Å². The van der Waals surface area contributed by atoms with Crippen molar-refractivity contribution in [2.24, 2.45) is 0 Å². The molecule has 0 unspecified atom stereocenters.